The lowest BCUT2D eigenvalue weighted by Gasteiger charge is -2.05. The van der Waals surface area contributed by atoms with Gasteiger partial charge in [-0.25, -0.2) is 0 Å². The van der Waals surface area contributed by atoms with Gasteiger partial charge < -0.3 is 18.3 Å². The number of rotatable bonds is 8. The second kappa shape index (κ2) is 13.9. The normalized spacial score (nSPS) is 11.1. The van der Waals surface area contributed by atoms with Crippen LogP contribution in [-0.4, -0.2) is 50.2 Å². The van der Waals surface area contributed by atoms with Gasteiger partial charge in [-0.3, -0.25) is 30.6 Å². The third-order valence-electron chi connectivity index (χ3n) is 8.91. The largest absolute Gasteiger partial charge is 0.313 e. The summed E-state index contributed by atoms with van der Waals surface area (Å²) in [5.41, 5.74) is 9.22. The summed E-state index contributed by atoms with van der Waals surface area (Å²) >= 11 is 3.38. The van der Waals surface area contributed by atoms with Gasteiger partial charge in [0.05, 0.1) is 47.6 Å². The van der Waals surface area contributed by atoms with Crippen molar-refractivity contribution < 1.29 is 9.59 Å². The topological polar surface area (TPSA) is 159 Å². The summed E-state index contributed by atoms with van der Waals surface area (Å²) in [7, 11) is 3.69. The number of Topliss-reactive ketones (excluding diaryl/α,β-unsaturated/α-hetero) is 2. The van der Waals surface area contributed by atoms with E-state index < -0.39 is 0 Å². The molecule has 0 saturated carbocycles. The van der Waals surface area contributed by atoms with Gasteiger partial charge in [0.15, 0.2) is 11.6 Å². The van der Waals surface area contributed by atoms with E-state index in [9.17, 15) is 9.59 Å². The van der Waals surface area contributed by atoms with Gasteiger partial charge in [-0.15, -0.1) is 0 Å². The van der Waals surface area contributed by atoms with Crippen molar-refractivity contribution in [3.8, 4) is 22.3 Å². The molecule has 8 aromatic rings. The average Bonchev–Trinajstić information content (AvgIpc) is 3.97. The Morgan fingerprint density at radius 1 is 0.627 bits per heavy atom. The number of imidazole rings is 2. The number of carbonyl (C=O) groups is 2. The molecule has 0 unspecified atom stereocenters. The smallest absolute Gasteiger partial charge is 0.203 e. The molecule has 0 radical (unpaired) electrons. The zero-order valence-corrected chi connectivity index (χ0v) is 29.3. The summed E-state index contributed by atoms with van der Waals surface area (Å²) < 4.78 is 8.01. The molecule has 0 aliphatic carbocycles. The summed E-state index contributed by atoms with van der Waals surface area (Å²) in [6.45, 7) is 0.252. The van der Waals surface area contributed by atoms with Gasteiger partial charge in [0.25, 0.3) is 0 Å². The first-order valence-corrected chi connectivity index (χ1v) is 16.8. The summed E-state index contributed by atoms with van der Waals surface area (Å²) in [4.78, 5) is 25.3. The van der Waals surface area contributed by atoms with Crippen LogP contribution < -0.4 is 11.2 Å². The number of aromatic amines is 2. The SMILES string of the molecule is Cn1c(=N)n(CC(=O)c2ccc(Br)cc2)c2cccc(-c3cn[nH]c3)c21.Cn1c(=N)n(CC(=O)c2ccccc2)c2cccc(-c3cn[nH]c3)c21. The number of aromatic nitrogens is 8. The van der Waals surface area contributed by atoms with Crippen LogP contribution in [0, 0.1) is 10.8 Å². The van der Waals surface area contributed by atoms with Crippen molar-refractivity contribution in [1.29, 1.82) is 10.8 Å². The monoisotopic (exact) mass is 740 g/mol. The number of H-pyrrole nitrogens is 2. The predicted octanol–water partition coefficient (Wildman–Crippen LogP) is 6.23. The van der Waals surface area contributed by atoms with E-state index in [1.807, 2.05) is 93.2 Å². The van der Waals surface area contributed by atoms with Gasteiger partial charge in [-0.1, -0.05) is 82.7 Å². The highest BCUT2D eigenvalue weighted by molar-refractivity contribution is 9.10. The maximum atomic E-state index is 12.7. The standard InChI is InChI=1S/C19H16BrN5O.C19H17N5O/c1-24-18-15(13-9-22-23-10-13)3-2-4-16(18)25(19(24)21)11-17(26)12-5-7-14(20)8-6-12;1-23-18-15(14-10-21-22-11-14)8-5-9-16(18)24(19(23)20)12-17(25)13-6-3-2-4-7-13/h2-10,21H,11H2,1H3,(H,22,23);2-11,20H,12H2,1H3,(H,21,22). The molecular formula is C38H33BrN10O2. The zero-order valence-electron chi connectivity index (χ0n) is 27.8. The van der Waals surface area contributed by atoms with Crippen LogP contribution in [0.4, 0.5) is 0 Å². The third-order valence-corrected chi connectivity index (χ3v) is 9.44. The van der Waals surface area contributed by atoms with E-state index in [1.165, 1.54) is 0 Å². The number of benzene rings is 4. The van der Waals surface area contributed by atoms with Crippen LogP contribution in [-0.2, 0) is 27.2 Å². The zero-order chi connectivity index (χ0) is 35.6. The van der Waals surface area contributed by atoms with Gasteiger partial charge in [0.1, 0.15) is 0 Å². The van der Waals surface area contributed by atoms with Gasteiger partial charge in [-0.05, 0) is 24.3 Å². The number of nitrogens with zero attached hydrogens (tertiary/aromatic N) is 6. The van der Waals surface area contributed by atoms with Crippen molar-refractivity contribution in [3.63, 3.8) is 0 Å². The number of hydrogen-bond acceptors (Lipinski definition) is 6. The summed E-state index contributed by atoms with van der Waals surface area (Å²) in [6.07, 6.45) is 7.15. The van der Waals surface area contributed by atoms with Crippen molar-refractivity contribution in [2.75, 3.05) is 0 Å². The fraction of sp³-hybridized carbons (Fsp3) is 0.105. The Morgan fingerprint density at radius 3 is 1.51 bits per heavy atom. The van der Waals surface area contributed by atoms with E-state index in [4.69, 9.17) is 10.8 Å². The van der Waals surface area contributed by atoms with Crippen LogP contribution >= 0.6 is 15.9 Å². The van der Waals surface area contributed by atoms with Crippen LogP contribution in [0.3, 0.4) is 0 Å². The van der Waals surface area contributed by atoms with Gasteiger partial charge in [0, 0.05) is 64.3 Å². The van der Waals surface area contributed by atoms with E-state index in [0.29, 0.717) is 11.1 Å². The van der Waals surface area contributed by atoms with Crippen molar-refractivity contribution >= 4 is 49.6 Å². The Morgan fingerprint density at radius 2 is 1.08 bits per heavy atom. The lowest BCUT2D eigenvalue weighted by molar-refractivity contribution is 0.0963. The molecule has 0 atom stereocenters. The van der Waals surface area contributed by atoms with Crippen molar-refractivity contribution in [1.82, 2.24) is 38.7 Å². The highest BCUT2D eigenvalue weighted by Crippen LogP contribution is 2.28. The first-order chi connectivity index (χ1) is 24.7. The molecule has 8 rings (SSSR count). The van der Waals surface area contributed by atoms with Gasteiger partial charge in [-0.2, -0.15) is 10.2 Å². The Bertz CT molecular complexity index is 2630. The maximum absolute atomic E-state index is 12.7. The van der Waals surface area contributed by atoms with Crippen molar-refractivity contribution in [2.24, 2.45) is 14.1 Å². The van der Waals surface area contributed by atoms with Gasteiger partial charge >= 0.3 is 0 Å². The second-order valence-electron chi connectivity index (χ2n) is 12.0. The molecular weight excluding hydrogens is 708 g/mol. The molecule has 51 heavy (non-hydrogen) atoms. The van der Waals surface area contributed by atoms with E-state index >= 15 is 0 Å². The Hall–Kier alpha value is -6.34. The Kier molecular flexibility index (Phi) is 9.03. The predicted molar refractivity (Wildman–Crippen MR) is 198 cm³/mol. The number of nitrogens with one attached hydrogen (secondary N) is 4. The van der Waals surface area contributed by atoms with Crippen LogP contribution in [0.25, 0.3) is 44.3 Å². The van der Waals surface area contributed by atoms with Crippen molar-refractivity contribution in [2.45, 2.75) is 13.1 Å². The molecule has 4 N–H and O–H groups in total. The molecule has 0 aliphatic rings. The summed E-state index contributed by atoms with van der Waals surface area (Å²) in [5.74, 6) is -0.0440. The van der Waals surface area contributed by atoms with E-state index in [0.717, 1.165) is 48.8 Å². The maximum Gasteiger partial charge on any atom is 0.203 e. The second-order valence-corrected chi connectivity index (χ2v) is 12.9. The minimum absolute atomic E-state index is 0.0136. The van der Waals surface area contributed by atoms with Crippen molar-refractivity contribution in [3.05, 3.63) is 143 Å². The minimum atomic E-state index is -0.0304. The van der Waals surface area contributed by atoms with Gasteiger partial charge in [0.2, 0.25) is 11.2 Å². The fourth-order valence-corrected chi connectivity index (χ4v) is 6.58. The molecule has 0 amide bonds. The van der Waals surface area contributed by atoms with Crippen LogP contribution in [0.15, 0.2) is 120 Å². The fourth-order valence-electron chi connectivity index (χ4n) is 6.32. The summed E-state index contributed by atoms with van der Waals surface area (Å²) in [5, 5.41) is 30.6. The molecule has 4 heterocycles. The molecule has 0 aliphatic heterocycles. The summed E-state index contributed by atoms with van der Waals surface area (Å²) in [6, 6.07) is 28.2. The molecule has 13 heteroatoms. The Labute approximate surface area is 299 Å². The van der Waals surface area contributed by atoms with Crippen LogP contribution in [0.1, 0.15) is 20.7 Å². The molecule has 0 spiro atoms. The third kappa shape index (κ3) is 6.30. The number of para-hydroxylation sites is 2. The highest BCUT2D eigenvalue weighted by atomic mass is 79.9. The van der Waals surface area contributed by atoms with E-state index in [-0.39, 0.29) is 35.9 Å². The molecule has 12 nitrogen and oxygen atoms in total. The molecule has 0 bridgehead atoms. The first-order valence-electron chi connectivity index (χ1n) is 16.0. The number of fused-ring (bicyclic) bond motifs is 2. The average molecular weight is 742 g/mol. The lowest BCUT2D eigenvalue weighted by Crippen LogP contribution is -2.25. The molecule has 4 aromatic heterocycles. The van der Waals surface area contributed by atoms with Crippen LogP contribution in [0.2, 0.25) is 0 Å². The lowest BCUT2D eigenvalue weighted by atomic mass is 10.1. The number of aryl methyl sites for hydroxylation is 2. The molecule has 0 saturated heterocycles. The number of carbonyl (C=O) groups excluding carboxylic acids is 2. The molecule has 254 valence electrons. The quantitative estimate of drug-likeness (QED) is 0.136. The minimum Gasteiger partial charge on any atom is -0.313 e. The Balaban J connectivity index is 0.000000159. The number of hydrogen-bond donors (Lipinski definition) is 4. The number of ketones is 2. The van der Waals surface area contributed by atoms with Crippen LogP contribution in [0.5, 0.6) is 0 Å². The molecule has 4 aromatic carbocycles. The molecule has 0 fully saturated rings. The van der Waals surface area contributed by atoms with E-state index in [1.54, 1.807) is 54.9 Å². The number of halogens is 1. The highest BCUT2D eigenvalue weighted by Gasteiger charge is 2.18. The first kappa shape index (κ1) is 33.2. The van der Waals surface area contributed by atoms with E-state index in [2.05, 4.69) is 36.3 Å².